The topological polar surface area (TPSA) is 76.9 Å². The molecular weight excluding hydrogens is 440 g/mol. The van der Waals surface area contributed by atoms with Crippen molar-refractivity contribution in [2.45, 2.75) is 25.2 Å². The van der Waals surface area contributed by atoms with Crippen LogP contribution in [0.2, 0.25) is 0 Å². The van der Waals surface area contributed by atoms with Crippen LogP contribution in [-0.4, -0.2) is 32.2 Å². The molecule has 2 aromatic carbocycles. The first-order valence-electron chi connectivity index (χ1n) is 8.75. The molecular formula is C20H19BrN4O2S. The molecule has 28 heavy (non-hydrogen) atoms. The molecule has 0 saturated heterocycles. The highest BCUT2D eigenvalue weighted by Crippen LogP contribution is 2.19. The summed E-state index contributed by atoms with van der Waals surface area (Å²) in [7, 11) is 0. The molecule has 3 rings (SSSR count). The van der Waals surface area contributed by atoms with Crippen molar-refractivity contribution in [2.24, 2.45) is 0 Å². The van der Waals surface area contributed by atoms with Crippen molar-refractivity contribution in [1.29, 1.82) is 0 Å². The number of carbonyl (C=O) groups excluding carboxylic acids is 2. The van der Waals surface area contributed by atoms with E-state index in [1.54, 1.807) is 24.3 Å². The van der Waals surface area contributed by atoms with E-state index in [0.29, 0.717) is 28.7 Å². The molecule has 0 aliphatic carbocycles. The van der Waals surface area contributed by atoms with Gasteiger partial charge in [-0.05, 0) is 31.2 Å². The Bertz CT molecular complexity index is 958. The van der Waals surface area contributed by atoms with E-state index in [1.807, 2.05) is 41.8 Å². The second-order valence-electron chi connectivity index (χ2n) is 5.91. The second kappa shape index (κ2) is 9.66. The Kier molecular flexibility index (Phi) is 7.00. The molecule has 0 bridgehead atoms. The number of hydrogen-bond donors (Lipinski definition) is 1. The van der Waals surface area contributed by atoms with Crippen LogP contribution in [0.1, 0.15) is 33.5 Å². The van der Waals surface area contributed by atoms with Crippen LogP contribution >= 0.6 is 27.7 Å². The SMILES string of the molecule is CCn1c(CNC(=O)c2ccccc2)nnc1SCC(=O)c1ccc(Br)cc1. The number of thioether (sulfide) groups is 1. The number of halogens is 1. The molecule has 1 amide bonds. The van der Waals surface area contributed by atoms with Gasteiger partial charge in [-0.15, -0.1) is 10.2 Å². The number of nitrogens with one attached hydrogen (secondary N) is 1. The molecule has 3 aromatic rings. The van der Waals surface area contributed by atoms with Gasteiger partial charge in [0.15, 0.2) is 16.8 Å². The Morgan fingerprint density at radius 3 is 2.43 bits per heavy atom. The zero-order chi connectivity index (χ0) is 19.9. The van der Waals surface area contributed by atoms with Gasteiger partial charge in [0.1, 0.15) is 0 Å². The van der Waals surface area contributed by atoms with E-state index in [2.05, 4.69) is 31.4 Å². The summed E-state index contributed by atoms with van der Waals surface area (Å²) in [6.45, 7) is 2.90. The summed E-state index contributed by atoms with van der Waals surface area (Å²) < 4.78 is 2.84. The Morgan fingerprint density at radius 2 is 1.75 bits per heavy atom. The summed E-state index contributed by atoms with van der Waals surface area (Å²) in [6.07, 6.45) is 0. The number of amides is 1. The molecule has 1 N–H and O–H groups in total. The molecule has 0 radical (unpaired) electrons. The van der Waals surface area contributed by atoms with Crippen molar-refractivity contribution < 1.29 is 9.59 Å². The number of hydrogen-bond acceptors (Lipinski definition) is 5. The number of Topliss-reactive ketones (excluding diaryl/α,β-unsaturated/α-hetero) is 1. The normalized spacial score (nSPS) is 10.6. The fraction of sp³-hybridized carbons (Fsp3) is 0.200. The lowest BCUT2D eigenvalue weighted by Crippen LogP contribution is -2.24. The van der Waals surface area contributed by atoms with Crippen molar-refractivity contribution in [1.82, 2.24) is 20.1 Å². The smallest absolute Gasteiger partial charge is 0.251 e. The lowest BCUT2D eigenvalue weighted by atomic mass is 10.2. The average Bonchev–Trinajstić information content (AvgIpc) is 3.13. The molecule has 144 valence electrons. The highest BCUT2D eigenvalue weighted by atomic mass is 79.9. The first-order valence-corrected chi connectivity index (χ1v) is 10.5. The minimum Gasteiger partial charge on any atom is -0.345 e. The van der Waals surface area contributed by atoms with E-state index in [1.165, 1.54) is 11.8 Å². The minimum absolute atomic E-state index is 0.0297. The van der Waals surface area contributed by atoms with Crippen LogP contribution in [-0.2, 0) is 13.1 Å². The average molecular weight is 459 g/mol. The predicted molar refractivity (Wildman–Crippen MR) is 113 cm³/mol. The van der Waals surface area contributed by atoms with Crippen LogP contribution in [0, 0.1) is 0 Å². The minimum atomic E-state index is -0.161. The van der Waals surface area contributed by atoms with E-state index in [9.17, 15) is 9.59 Å². The number of aromatic nitrogens is 3. The van der Waals surface area contributed by atoms with Gasteiger partial charge in [0.05, 0.1) is 12.3 Å². The number of ketones is 1. The van der Waals surface area contributed by atoms with Crippen LogP contribution < -0.4 is 5.32 Å². The molecule has 0 unspecified atom stereocenters. The predicted octanol–water partition coefficient (Wildman–Crippen LogP) is 3.97. The summed E-state index contributed by atoms with van der Waals surface area (Å²) in [5.74, 6) is 0.800. The molecule has 6 nitrogen and oxygen atoms in total. The van der Waals surface area contributed by atoms with Crippen LogP contribution in [0.3, 0.4) is 0 Å². The third-order valence-electron chi connectivity index (χ3n) is 4.05. The first-order chi connectivity index (χ1) is 13.6. The fourth-order valence-corrected chi connectivity index (χ4v) is 3.75. The molecule has 8 heteroatoms. The van der Waals surface area contributed by atoms with Crippen LogP contribution in [0.15, 0.2) is 64.2 Å². The Balaban J connectivity index is 1.61. The molecule has 0 spiro atoms. The zero-order valence-electron chi connectivity index (χ0n) is 15.3. The summed E-state index contributed by atoms with van der Waals surface area (Å²) in [6, 6.07) is 16.3. The number of benzene rings is 2. The van der Waals surface area contributed by atoms with E-state index >= 15 is 0 Å². The maximum absolute atomic E-state index is 12.4. The van der Waals surface area contributed by atoms with E-state index in [4.69, 9.17) is 0 Å². The van der Waals surface area contributed by atoms with Gasteiger partial charge in [0.25, 0.3) is 5.91 Å². The van der Waals surface area contributed by atoms with Crippen LogP contribution in [0.5, 0.6) is 0 Å². The van der Waals surface area contributed by atoms with Gasteiger partial charge in [-0.25, -0.2) is 0 Å². The molecule has 0 aliphatic rings. The first kappa shape index (κ1) is 20.3. The van der Waals surface area contributed by atoms with Gasteiger partial charge in [-0.3, -0.25) is 9.59 Å². The van der Waals surface area contributed by atoms with Gasteiger partial charge in [0.2, 0.25) is 0 Å². The number of rotatable bonds is 8. The van der Waals surface area contributed by atoms with Crippen molar-refractivity contribution >= 4 is 39.4 Å². The van der Waals surface area contributed by atoms with Gasteiger partial charge in [-0.2, -0.15) is 0 Å². The van der Waals surface area contributed by atoms with E-state index in [-0.39, 0.29) is 24.0 Å². The highest BCUT2D eigenvalue weighted by molar-refractivity contribution is 9.10. The molecule has 0 aliphatic heterocycles. The van der Waals surface area contributed by atoms with Gasteiger partial charge >= 0.3 is 0 Å². The maximum atomic E-state index is 12.4. The highest BCUT2D eigenvalue weighted by Gasteiger charge is 2.15. The number of nitrogens with zero attached hydrogens (tertiary/aromatic N) is 3. The third kappa shape index (κ3) is 5.08. The van der Waals surface area contributed by atoms with Gasteiger partial charge < -0.3 is 9.88 Å². The zero-order valence-corrected chi connectivity index (χ0v) is 17.7. The van der Waals surface area contributed by atoms with Gasteiger partial charge in [0, 0.05) is 22.1 Å². The molecule has 0 fully saturated rings. The molecule has 0 saturated carbocycles. The summed E-state index contributed by atoms with van der Waals surface area (Å²) in [4.78, 5) is 24.6. The fourth-order valence-electron chi connectivity index (χ4n) is 2.57. The van der Waals surface area contributed by atoms with Gasteiger partial charge in [-0.1, -0.05) is 58.0 Å². The van der Waals surface area contributed by atoms with Crippen molar-refractivity contribution in [3.05, 3.63) is 76.0 Å². The van der Waals surface area contributed by atoms with Crippen molar-refractivity contribution in [3.8, 4) is 0 Å². The second-order valence-corrected chi connectivity index (χ2v) is 7.77. The monoisotopic (exact) mass is 458 g/mol. The number of carbonyl (C=O) groups is 2. The van der Waals surface area contributed by atoms with Crippen molar-refractivity contribution in [3.63, 3.8) is 0 Å². The third-order valence-corrected chi connectivity index (χ3v) is 5.55. The largest absolute Gasteiger partial charge is 0.345 e. The lowest BCUT2D eigenvalue weighted by molar-refractivity contribution is 0.0948. The van der Waals surface area contributed by atoms with Crippen molar-refractivity contribution in [2.75, 3.05) is 5.75 Å². The van der Waals surface area contributed by atoms with E-state index < -0.39 is 0 Å². The molecule has 1 aromatic heterocycles. The standard InChI is InChI=1S/C20H19BrN4O2S/c1-2-25-18(12-22-19(27)15-6-4-3-5-7-15)23-24-20(25)28-13-17(26)14-8-10-16(21)11-9-14/h3-11H,2,12-13H2,1H3,(H,22,27). The Labute approximate surface area is 175 Å². The quantitative estimate of drug-likeness (QED) is 0.408. The molecule has 0 atom stereocenters. The maximum Gasteiger partial charge on any atom is 0.251 e. The lowest BCUT2D eigenvalue weighted by Gasteiger charge is -2.08. The Morgan fingerprint density at radius 1 is 1.04 bits per heavy atom. The summed E-state index contributed by atoms with van der Waals surface area (Å²) in [5, 5.41) is 11.9. The molecule has 1 heterocycles. The van der Waals surface area contributed by atoms with E-state index in [0.717, 1.165) is 4.47 Å². The Hall–Kier alpha value is -2.45. The van der Waals surface area contributed by atoms with Crippen LogP contribution in [0.25, 0.3) is 0 Å². The summed E-state index contributed by atoms with van der Waals surface area (Å²) >= 11 is 4.71. The summed E-state index contributed by atoms with van der Waals surface area (Å²) in [5.41, 5.74) is 1.26. The van der Waals surface area contributed by atoms with Crippen LogP contribution in [0.4, 0.5) is 0 Å².